The highest BCUT2D eigenvalue weighted by atomic mass is 16.5. The van der Waals surface area contributed by atoms with Gasteiger partial charge in [0, 0.05) is 5.92 Å². The lowest BCUT2D eigenvalue weighted by atomic mass is 9.85. The van der Waals surface area contributed by atoms with Gasteiger partial charge >= 0.3 is 0 Å². The number of hydrogen-bond acceptors (Lipinski definition) is 2. The summed E-state index contributed by atoms with van der Waals surface area (Å²) in [6, 6.07) is 8.00. The van der Waals surface area contributed by atoms with Gasteiger partial charge in [-0.3, -0.25) is 4.79 Å². The van der Waals surface area contributed by atoms with Crippen LogP contribution in [-0.4, -0.2) is 25.1 Å². The van der Waals surface area contributed by atoms with Crippen LogP contribution in [0.3, 0.4) is 0 Å². The molecule has 4 heteroatoms. The maximum atomic E-state index is 12.4. The Balaban J connectivity index is 1.93. The van der Waals surface area contributed by atoms with Crippen molar-refractivity contribution in [1.82, 2.24) is 0 Å². The van der Waals surface area contributed by atoms with Crippen LogP contribution in [0.2, 0.25) is 0 Å². The van der Waals surface area contributed by atoms with Crippen molar-refractivity contribution in [3.05, 3.63) is 24.3 Å². The maximum absolute atomic E-state index is 12.4. The third kappa shape index (κ3) is 4.21. The summed E-state index contributed by atoms with van der Waals surface area (Å²) >= 11 is 0. The molecule has 1 saturated carbocycles. The second-order valence-electron chi connectivity index (χ2n) is 6.10. The Morgan fingerprint density at radius 3 is 2.76 bits per heavy atom. The van der Waals surface area contributed by atoms with Gasteiger partial charge < -0.3 is 15.4 Å². The van der Waals surface area contributed by atoms with Gasteiger partial charge in [-0.25, -0.2) is 0 Å². The van der Waals surface area contributed by atoms with E-state index >= 15 is 0 Å². The van der Waals surface area contributed by atoms with Crippen LogP contribution in [0.4, 0.5) is 5.69 Å². The number of para-hydroxylation sites is 2. The molecule has 1 aromatic carbocycles. The van der Waals surface area contributed by atoms with E-state index in [0.717, 1.165) is 5.69 Å². The first-order valence-corrected chi connectivity index (χ1v) is 7.90. The molecule has 116 valence electrons. The van der Waals surface area contributed by atoms with Crippen LogP contribution >= 0.6 is 0 Å². The quantitative estimate of drug-likeness (QED) is 0.873. The summed E-state index contributed by atoms with van der Waals surface area (Å²) in [6.07, 6.45) is 5.11. The standard InChI is InChI=1S/C17H26N2O2/c1-12-8-4-5-9-14(12)18-13(2)17(20)19-15-10-6-7-11-16(15)21-3/h6-7,10-14,18H,4-5,8-9H2,1-3H3,(H,19,20)/p+1/t12-,13+,14+/m1/s1. The lowest BCUT2D eigenvalue weighted by Crippen LogP contribution is -2.97. The normalized spacial score (nSPS) is 23.4. The molecular formula is C17H27N2O2+. The zero-order valence-corrected chi connectivity index (χ0v) is 13.3. The summed E-state index contributed by atoms with van der Waals surface area (Å²) in [6.45, 7) is 4.28. The Bertz CT molecular complexity index is 476. The first-order valence-electron chi connectivity index (χ1n) is 7.90. The summed E-state index contributed by atoms with van der Waals surface area (Å²) in [5, 5.41) is 5.20. The Morgan fingerprint density at radius 1 is 1.33 bits per heavy atom. The number of nitrogens with two attached hydrogens (primary N) is 1. The number of nitrogens with one attached hydrogen (secondary N) is 1. The number of carbonyl (C=O) groups is 1. The van der Waals surface area contributed by atoms with Crippen LogP contribution < -0.4 is 15.4 Å². The number of amides is 1. The molecule has 0 spiro atoms. The highest BCUT2D eigenvalue weighted by molar-refractivity contribution is 5.94. The molecule has 0 radical (unpaired) electrons. The second kappa shape index (κ2) is 7.46. The Hall–Kier alpha value is -1.55. The first kappa shape index (κ1) is 15.8. The molecule has 0 aromatic heterocycles. The van der Waals surface area contributed by atoms with Crippen LogP contribution in [0.1, 0.15) is 39.5 Å². The number of hydrogen-bond donors (Lipinski definition) is 2. The molecule has 1 aromatic rings. The number of quaternary nitrogens is 1. The fourth-order valence-corrected chi connectivity index (χ4v) is 3.08. The number of methoxy groups -OCH3 is 1. The second-order valence-corrected chi connectivity index (χ2v) is 6.10. The molecule has 21 heavy (non-hydrogen) atoms. The van der Waals surface area contributed by atoms with Crippen LogP contribution in [0.5, 0.6) is 5.75 Å². The molecule has 0 saturated heterocycles. The molecule has 2 rings (SSSR count). The predicted molar refractivity (Wildman–Crippen MR) is 84.4 cm³/mol. The third-order valence-corrected chi connectivity index (χ3v) is 4.49. The molecular weight excluding hydrogens is 264 g/mol. The zero-order valence-electron chi connectivity index (χ0n) is 13.3. The smallest absolute Gasteiger partial charge is 0.282 e. The van der Waals surface area contributed by atoms with Gasteiger partial charge in [-0.05, 0) is 38.3 Å². The van der Waals surface area contributed by atoms with Gasteiger partial charge in [0.1, 0.15) is 5.75 Å². The Morgan fingerprint density at radius 2 is 2.05 bits per heavy atom. The minimum Gasteiger partial charge on any atom is -0.495 e. The van der Waals surface area contributed by atoms with Crippen molar-refractivity contribution in [2.24, 2.45) is 5.92 Å². The number of rotatable bonds is 5. The van der Waals surface area contributed by atoms with Gasteiger partial charge in [-0.2, -0.15) is 0 Å². The van der Waals surface area contributed by atoms with Crippen LogP contribution in [0.15, 0.2) is 24.3 Å². The molecule has 0 heterocycles. The molecule has 0 bridgehead atoms. The topological polar surface area (TPSA) is 54.9 Å². The minimum absolute atomic E-state index is 0.0391. The van der Waals surface area contributed by atoms with Crippen molar-refractivity contribution in [1.29, 1.82) is 0 Å². The fraction of sp³-hybridized carbons (Fsp3) is 0.588. The van der Waals surface area contributed by atoms with Gasteiger partial charge in [-0.1, -0.05) is 25.5 Å². The molecule has 1 amide bonds. The molecule has 3 atom stereocenters. The van der Waals surface area contributed by atoms with Gasteiger partial charge in [-0.15, -0.1) is 0 Å². The summed E-state index contributed by atoms with van der Waals surface area (Å²) in [4.78, 5) is 12.4. The van der Waals surface area contributed by atoms with E-state index in [1.165, 1.54) is 25.7 Å². The number of carbonyl (C=O) groups excluding carboxylic acids is 1. The van der Waals surface area contributed by atoms with E-state index in [1.54, 1.807) is 7.11 Å². The molecule has 1 aliphatic carbocycles. The van der Waals surface area contributed by atoms with E-state index in [0.29, 0.717) is 17.7 Å². The van der Waals surface area contributed by atoms with Crippen molar-refractivity contribution in [2.75, 3.05) is 12.4 Å². The average Bonchev–Trinajstić information content (AvgIpc) is 2.50. The third-order valence-electron chi connectivity index (χ3n) is 4.49. The Labute approximate surface area is 127 Å². The van der Waals surface area contributed by atoms with E-state index in [-0.39, 0.29) is 11.9 Å². The molecule has 4 nitrogen and oxygen atoms in total. The summed E-state index contributed by atoms with van der Waals surface area (Å²) in [7, 11) is 1.62. The van der Waals surface area contributed by atoms with Gasteiger partial charge in [0.2, 0.25) is 0 Å². The predicted octanol–water partition coefficient (Wildman–Crippen LogP) is 2.16. The molecule has 1 fully saturated rings. The summed E-state index contributed by atoms with van der Waals surface area (Å²) in [5.41, 5.74) is 0.738. The SMILES string of the molecule is COc1ccccc1NC(=O)[C@H](C)[NH2+][C@H]1CCCC[C@H]1C. The highest BCUT2D eigenvalue weighted by Gasteiger charge is 2.28. The Kier molecular flexibility index (Phi) is 5.62. The number of anilines is 1. The van der Waals surface area contributed by atoms with Gasteiger partial charge in [0.15, 0.2) is 6.04 Å². The average molecular weight is 291 g/mol. The van der Waals surface area contributed by atoms with Crippen LogP contribution in [0.25, 0.3) is 0 Å². The van der Waals surface area contributed by atoms with Crippen molar-refractivity contribution in [2.45, 2.75) is 51.6 Å². The molecule has 0 unspecified atom stereocenters. The van der Waals surface area contributed by atoms with E-state index in [2.05, 4.69) is 17.6 Å². The lowest BCUT2D eigenvalue weighted by Gasteiger charge is -2.28. The van der Waals surface area contributed by atoms with E-state index < -0.39 is 0 Å². The molecule has 0 aliphatic heterocycles. The van der Waals surface area contributed by atoms with E-state index in [9.17, 15) is 4.79 Å². The highest BCUT2D eigenvalue weighted by Crippen LogP contribution is 2.23. The summed E-state index contributed by atoms with van der Waals surface area (Å²) < 4.78 is 5.27. The number of benzene rings is 1. The van der Waals surface area contributed by atoms with Crippen LogP contribution in [0, 0.1) is 5.92 Å². The monoisotopic (exact) mass is 291 g/mol. The van der Waals surface area contributed by atoms with Crippen molar-refractivity contribution >= 4 is 11.6 Å². The van der Waals surface area contributed by atoms with Gasteiger partial charge in [0.05, 0.1) is 18.8 Å². The molecule has 3 N–H and O–H groups in total. The van der Waals surface area contributed by atoms with E-state index in [4.69, 9.17) is 4.74 Å². The fourth-order valence-electron chi connectivity index (χ4n) is 3.08. The lowest BCUT2D eigenvalue weighted by molar-refractivity contribution is -0.714. The minimum atomic E-state index is -0.0829. The van der Waals surface area contributed by atoms with Crippen molar-refractivity contribution < 1.29 is 14.8 Å². The van der Waals surface area contributed by atoms with Crippen molar-refractivity contribution in [3.8, 4) is 5.75 Å². The van der Waals surface area contributed by atoms with E-state index in [1.807, 2.05) is 31.2 Å². The van der Waals surface area contributed by atoms with Gasteiger partial charge in [0.25, 0.3) is 5.91 Å². The largest absolute Gasteiger partial charge is 0.495 e. The van der Waals surface area contributed by atoms with Crippen molar-refractivity contribution in [3.63, 3.8) is 0 Å². The number of ether oxygens (including phenoxy) is 1. The zero-order chi connectivity index (χ0) is 15.2. The summed E-state index contributed by atoms with van der Waals surface area (Å²) in [5.74, 6) is 1.43. The first-order chi connectivity index (χ1) is 10.1. The van der Waals surface area contributed by atoms with Crippen LogP contribution in [-0.2, 0) is 4.79 Å². The molecule has 1 aliphatic rings. The maximum Gasteiger partial charge on any atom is 0.282 e.